The molecule has 0 spiro atoms. The predicted molar refractivity (Wildman–Crippen MR) is 85.5 cm³/mol. The highest BCUT2D eigenvalue weighted by Gasteiger charge is 2.21. The molecule has 1 heterocycles. The van der Waals surface area contributed by atoms with Crippen molar-refractivity contribution in [2.75, 3.05) is 14.1 Å². The molecule has 0 aliphatic rings. The van der Waals surface area contributed by atoms with Crippen molar-refractivity contribution in [2.45, 2.75) is 11.4 Å². The molecule has 23 heavy (non-hydrogen) atoms. The van der Waals surface area contributed by atoms with Crippen LogP contribution in [0, 0.1) is 0 Å². The fourth-order valence-electron chi connectivity index (χ4n) is 1.97. The summed E-state index contributed by atoms with van der Waals surface area (Å²) in [5.74, 6) is -0.566. The van der Waals surface area contributed by atoms with Gasteiger partial charge in [0.25, 0.3) is 11.5 Å². The van der Waals surface area contributed by atoms with Gasteiger partial charge in [-0.05, 0) is 23.8 Å². The van der Waals surface area contributed by atoms with Gasteiger partial charge < -0.3 is 10.3 Å². The van der Waals surface area contributed by atoms with Crippen LogP contribution in [0.15, 0.2) is 52.3 Å². The third-order valence-electron chi connectivity index (χ3n) is 3.23. The fraction of sp³-hybridized carbons (Fsp3) is 0.200. The van der Waals surface area contributed by atoms with E-state index in [4.69, 9.17) is 0 Å². The van der Waals surface area contributed by atoms with E-state index in [9.17, 15) is 18.0 Å². The summed E-state index contributed by atoms with van der Waals surface area (Å²) in [5, 5.41) is 2.57. The lowest BCUT2D eigenvalue weighted by atomic mass is 10.2. The topological polar surface area (TPSA) is 99.3 Å². The van der Waals surface area contributed by atoms with Crippen LogP contribution in [-0.4, -0.2) is 37.7 Å². The molecule has 0 aliphatic heterocycles. The molecule has 2 rings (SSSR count). The average molecular weight is 335 g/mol. The minimum absolute atomic E-state index is 0.00356. The van der Waals surface area contributed by atoms with Crippen molar-refractivity contribution in [2.24, 2.45) is 0 Å². The van der Waals surface area contributed by atoms with Crippen molar-refractivity contribution in [1.82, 2.24) is 14.6 Å². The molecule has 1 aromatic heterocycles. The number of pyridine rings is 1. The van der Waals surface area contributed by atoms with Crippen molar-refractivity contribution in [3.05, 3.63) is 64.1 Å². The smallest absolute Gasteiger partial charge is 0.260 e. The van der Waals surface area contributed by atoms with E-state index in [1.54, 1.807) is 24.3 Å². The monoisotopic (exact) mass is 335 g/mol. The Labute approximate surface area is 134 Å². The van der Waals surface area contributed by atoms with Gasteiger partial charge in [-0.3, -0.25) is 9.59 Å². The molecule has 2 N–H and O–H groups in total. The van der Waals surface area contributed by atoms with Gasteiger partial charge in [-0.1, -0.05) is 18.2 Å². The molecule has 0 aliphatic carbocycles. The van der Waals surface area contributed by atoms with Crippen molar-refractivity contribution in [1.29, 1.82) is 0 Å². The third kappa shape index (κ3) is 3.66. The molecule has 0 atom stereocenters. The zero-order valence-electron chi connectivity index (χ0n) is 12.7. The minimum Gasteiger partial charge on any atom is -0.348 e. The molecule has 8 heteroatoms. The lowest BCUT2D eigenvalue weighted by Crippen LogP contribution is -2.30. The Hall–Kier alpha value is -2.45. The van der Waals surface area contributed by atoms with Crippen molar-refractivity contribution >= 4 is 15.9 Å². The minimum atomic E-state index is -3.61. The molecule has 1 amide bonds. The predicted octanol–water partition coefficient (Wildman–Crippen LogP) is 0.555. The number of aromatic nitrogens is 1. The first-order valence-corrected chi connectivity index (χ1v) is 8.24. The summed E-state index contributed by atoms with van der Waals surface area (Å²) in [6.45, 7) is -0.00356. The van der Waals surface area contributed by atoms with Crippen LogP contribution in [-0.2, 0) is 16.6 Å². The summed E-state index contributed by atoms with van der Waals surface area (Å²) in [5.41, 5.74) is -0.0819. The van der Waals surface area contributed by atoms with E-state index in [1.165, 1.54) is 32.4 Å². The second-order valence-corrected chi connectivity index (χ2v) is 7.11. The molecule has 0 radical (unpaired) electrons. The highest BCUT2D eigenvalue weighted by Crippen LogP contribution is 2.18. The molecule has 0 saturated carbocycles. The highest BCUT2D eigenvalue weighted by atomic mass is 32.2. The van der Waals surface area contributed by atoms with Crippen molar-refractivity contribution in [3.63, 3.8) is 0 Å². The number of amides is 1. The summed E-state index contributed by atoms with van der Waals surface area (Å²) >= 11 is 0. The first kappa shape index (κ1) is 16.9. The number of H-pyrrole nitrogens is 1. The zero-order valence-corrected chi connectivity index (χ0v) is 13.6. The van der Waals surface area contributed by atoms with E-state index in [1.807, 2.05) is 0 Å². The van der Waals surface area contributed by atoms with Crippen LogP contribution in [0.3, 0.4) is 0 Å². The normalized spacial score (nSPS) is 11.4. The van der Waals surface area contributed by atoms with E-state index < -0.39 is 21.5 Å². The Balaban J connectivity index is 2.24. The molecule has 0 unspecified atom stereocenters. The van der Waals surface area contributed by atoms with Crippen LogP contribution in [0.1, 0.15) is 15.9 Å². The molecule has 7 nitrogen and oxygen atoms in total. The summed E-state index contributed by atoms with van der Waals surface area (Å²) in [4.78, 5) is 26.1. The van der Waals surface area contributed by atoms with Crippen LogP contribution in [0.4, 0.5) is 0 Å². The Morgan fingerprint density at radius 2 is 1.87 bits per heavy atom. The van der Waals surface area contributed by atoms with Gasteiger partial charge in [0.15, 0.2) is 0 Å². The highest BCUT2D eigenvalue weighted by molar-refractivity contribution is 7.89. The maximum atomic E-state index is 12.3. The number of nitrogens with one attached hydrogen (secondary N) is 2. The largest absolute Gasteiger partial charge is 0.348 e. The Kier molecular flexibility index (Phi) is 4.97. The lowest BCUT2D eigenvalue weighted by molar-refractivity contribution is 0.0949. The second-order valence-electron chi connectivity index (χ2n) is 4.99. The van der Waals surface area contributed by atoms with Crippen molar-refractivity contribution < 1.29 is 13.2 Å². The van der Waals surface area contributed by atoms with E-state index in [2.05, 4.69) is 10.3 Å². The Bertz CT molecular complexity index is 872. The fourth-order valence-corrected chi connectivity index (χ4v) is 3.08. The van der Waals surface area contributed by atoms with Crippen LogP contribution in [0.2, 0.25) is 0 Å². The Morgan fingerprint density at radius 3 is 2.52 bits per heavy atom. The van der Waals surface area contributed by atoms with E-state index >= 15 is 0 Å². The second kappa shape index (κ2) is 6.76. The number of sulfonamides is 1. The summed E-state index contributed by atoms with van der Waals surface area (Å²) < 4.78 is 25.7. The lowest BCUT2D eigenvalue weighted by Gasteiger charge is -2.15. The maximum absolute atomic E-state index is 12.3. The van der Waals surface area contributed by atoms with Gasteiger partial charge in [0.05, 0.1) is 4.90 Å². The summed E-state index contributed by atoms with van der Waals surface area (Å²) in [6.07, 6.45) is 1.43. The summed E-state index contributed by atoms with van der Waals surface area (Å²) in [7, 11) is -0.737. The van der Waals surface area contributed by atoms with Gasteiger partial charge in [-0.2, -0.15) is 0 Å². The van der Waals surface area contributed by atoms with Gasteiger partial charge in [0.1, 0.15) is 5.56 Å². The number of benzene rings is 1. The number of hydrogen-bond acceptors (Lipinski definition) is 4. The number of carbonyl (C=O) groups is 1. The molecule has 1 aromatic carbocycles. The standard InChI is InChI=1S/C15H17N3O4S/c1-18(2)23(21,22)13-8-4-3-6-11(13)10-17-15(20)12-7-5-9-16-14(12)19/h3-9H,10H2,1-2H3,(H,16,19)(H,17,20). The number of aromatic amines is 1. The SMILES string of the molecule is CN(C)S(=O)(=O)c1ccccc1CNC(=O)c1ccc[nH]c1=O. The van der Waals surface area contributed by atoms with Crippen LogP contribution >= 0.6 is 0 Å². The van der Waals surface area contributed by atoms with Crippen LogP contribution in [0.25, 0.3) is 0 Å². The van der Waals surface area contributed by atoms with Gasteiger partial charge in [-0.15, -0.1) is 0 Å². The molecule has 122 valence electrons. The molecule has 0 bridgehead atoms. The summed E-state index contributed by atoms with van der Waals surface area (Å²) in [6, 6.07) is 9.34. The van der Waals surface area contributed by atoms with Crippen LogP contribution < -0.4 is 10.9 Å². The van der Waals surface area contributed by atoms with E-state index in [-0.39, 0.29) is 17.0 Å². The number of rotatable bonds is 5. The van der Waals surface area contributed by atoms with E-state index in [0.29, 0.717) is 5.56 Å². The number of carbonyl (C=O) groups excluding carboxylic acids is 1. The molecule has 2 aromatic rings. The first-order chi connectivity index (χ1) is 10.8. The van der Waals surface area contributed by atoms with Gasteiger partial charge in [-0.25, -0.2) is 12.7 Å². The number of hydrogen-bond donors (Lipinski definition) is 2. The first-order valence-electron chi connectivity index (χ1n) is 6.80. The third-order valence-corrected chi connectivity index (χ3v) is 5.15. The van der Waals surface area contributed by atoms with Crippen LogP contribution in [0.5, 0.6) is 0 Å². The number of nitrogens with zero attached hydrogens (tertiary/aromatic N) is 1. The van der Waals surface area contributed by atoms with E-state index in [0.717, 1.165) is 4.31 Å². The molecule has 0 saturated heterocycles. The Morgan fingerprint density at radius 1 is 1.17 bits per heavy atom. The maximum Gasteiger partial charge on any atom is 0.260 e. The molecular formula is C15H17N3O4S. The molecular weight excluding hydrogens is 318 g/mol. The molecule has 0 fully saturated rings. The van der Waals surface area contributed by atoms with Crippen molar-refractivity contribution in [3.8, 4) is 0 Å². The quantitative estimate of drug-likeness (QED) is 0.834. The van der Waals surface area contributed by atoms with Gasteiger partial charge >= 0.3 is 0 Å². The zero-order chi connectivity index (χ0) is 17.0. The van der Waals surface area contributed by atoms with Gasteiger partial charge in [0.2, 0.25) is 10.0 Å². The average Bonchev–Trinajstić information content (AvgIpc) is 2.53. The van der Waals surface area contributed by atoms with Gasteiger partial charge in [0, 0.05) is 26.8 Å².